The van der Waals surface area contributed by atoms with Crippen LogP contribution in [0.2, 0.25) is 0 Å². The van der Waals surface area contributed by atoms with Crippen molar-refractivity contribution >= 4 is 28.5 Å². The van der Waals surface area contributed by atoms with Crippen LogP contribution >= 0.6 is 22.6 Å². The maximum absolute atomic E-state index is 12.5. The summed E-state index contributed by atoms with van der Waals surface area (Å²) < 4.78 is 0.891. The van der Waals surface area contributed by atoms with Crippen molar-refractivity contribution in [3.63, 3.8) is 0 Å². The lowest BCUT2D eigenvalue weighted by Crippen LogP contribution is -2.39. The molecule has 1 fully saturated rings. The molecule has 1 aromatic rings. The predicted octanol–water partition coefficient (Wildman–Crippen LogP) is 2.91. The van der Waals surface area contributed by atoms with Crippen LogP contribution in [0.25, 0.3) is 0 Å². The summed E-state index contributed by atoms with van der Waals surface area (Å²) in [6.07, 6.45) is 4.08. The lowest BCUT2D eigenvalue weighted by molar-refractivity contribution is 0.0706. The first kappa shape index (κ1) is 14.1. The number of benzene rings is 1. The topological polar surface area (TPSA) is 64.3 Å². The second-order valence-corrected chi connectivity index (χ2v) is 5.94. The number of phenols is 1. The minimum absolute atomic E-state index is 0.0219. The number of carbonyl (C=O) groups is 1. The summed E-state index contributed by atoms with van der Waals surface area (Å²) in [5.41, 5.74) is 0.286. The molecule has 0 aliphatic heterocycles. The molecule has 0 bridgehead atoms. The molecule has 0 aromatic heterocycles. The number of halogens is 1. The highest BCUT2D eigenvalue weighted by Crippen LogP contribution is 2.27. The standard InChI is InChI=1S/C14H15IN2O2/c15-10-5-6-13(18)12(9-10)14(19)17(8-7-16)11-3-1-2-4-11/h5-6,9,11,18H,1-4,8H2. The van der Waals surface area contributed by atoms with E-state index in [9.17, 15) is 9.90 Å². The average Bonchev–Trinajstić information content (AvgIpc) is 2.92. The first-order valence-electron chi connectivity index (χ1n) is 6.30. The van der Waals surface area contributed by atoms with E-state index in [0.29, 0.717) is 0 Å². The molecule has 100 valence electrons. The summed E-state index contributed by atoms with van der Waals surface area (Å²) in [4.78, 5) is 14.1. The summed E-state index contributed by atoms with van der Waals surface area (Å²) in [6.45, 7) is 0.0778. The molecule has 1 N–H and O–H groups in total. The number of phenolic OH excluding ortho intramolecular Hbond substituents is 1. The van der Waals surface area contributed by atoms with Crippen molar-refractivity contribution in [3.8, 4) is 11.8 Å². The predicted molar refractivity (Wildman–Crippen MR) is 79.7 cm³/mol. The van der Waals surface area contributed by atoms with Crippen LogP contribution in [0.5, 0.6) is 5.75 Å². The van der Waals surface area contributed by atoms with Crippen LogP contribution in [0.1, 0.15) is 36.0 Å². The monoisotopic (exact) mass is 370 g/mol. The fourth-order valence-electron chi connectivity index (χ4n) is 2.49. The van der Waals surface area contributed by atoms with E-state index in [1.165, 1.54) is 6.07 Å². The molecule has 0 spiro atoms. The number of hydrogen-bond donors (Lipinski definition) is 1. The quantitative estimate of drug-likeness (QED) is 0.657. The van der Waals surface area contributed by atoms with Gasteiger partial charge in [0.25, 0.3) is 5.91 Å². The number of nitrogens with zero attached hydrogens (tertiary/aromatic N) is 2. The molecular weight excluding hydrogens is 355 g/mol. The fourth-order valence-corrected chi connectivity index (χ4v) is 2.98. The van der Waals surface area contributed by atoms with E-state index in [0.717, 1.165) is 29.3 Å². The fraction of sp³-hybridized carbons (Fsp3) is 0.429. The van der Waals surface area contributed by atoms with Gasteiger partial charge in [0.05, 0.1) is 11.6 Å². The maximum Gasteiger partial charge on any atom is 0.258 e. The number of amides is 1. The Morgan fingerprint density at radius 3 is 2.79 bits per heavy atom. The molecule has 0 heterocycles. The average molecular weight is 370 g/mol. The van der Waals surface area contributed by atoms with Crippen molar-refractivity contribution in [1.29, 1.82) is 5.26 Å². The number of rotatable bonds is 3. The van der Waals surface area contributed by atoms with Gasteiger partial charge in [-0.15, -0.1) is 0 Å². The molecule has 2 rings (SSSR count). The third-order valence-electron chi connectivity index (χ3n) is 3.46. The molecule has 1 saturated carbocycles. The van der Waals surface area contributed by atoms with Crippen molar-refractivity contribution in [2.24, 2.45) is 0 Å². The molecule has 1 aliphatic carbocycles. The second kappa shape index (κ2) is 6.24. The van der Waals surface area contributed by atoms with Gasteiger partial charge in [-0.05, 0) is 53.6 Å². The van der Waals surface area contributed by atoms with Crippen LogP contribution in [0.3, 0.4) is 0 Å². The van der Waals surface area contributed by atoms with E-state index in [1.807, 2.05) is 0 Å². The van der Waals surface area contributed by atoms with Crippen LogP contribution in [-0.4, -0.2) is 28.5 Å². The van der Waals surface area contributed by atoms with E-state index in [4.69, 9.17) is 5.26 Å². The maximum atomic E-state index is 12.5. The highest BCUT2D eigenvalue weighted by Gasteiger charge is 2.28. The molecule has 0 unspecified atom stereocenters. The zero-order valence-corrected chi connectivity index (χ0v) is 12.6. The largest absolute Gasteiger partial charge is 0.507 e. The molecule has 19 heavy (non-hydrogen) atoms. The van der Waals surface area contributed by atoms with Crippen molar-refractivity contribution < 1.29 is 9.90 Å². The molecule has 5 heteroatoms. The Bertz CT molecular complexity index is 519. The van der Waals surface area contributed by atoms with Crippen LogP contribution in [0, 0.1) is 14.9 Å². The summed E-state index contributed by atoms with van der Waals surface area (Å²) in [5.74, 6) is -0.268. The van der Waals surface area contributed by atoms with Crippen molar-refractivity contribution in [3.05, 3.63) is 27.3 Å². The molecule has 1 aromatic carbocycles. The SMILES string of the molecule is N#CCN(C(=O)c1cc(I)ccc1O)C1CCCC1. The van der Waals surface area contributed by atoms with Gasteiger partial charge in [-0.25, -0.2) is 0 Å². The Labute approximate surface area is 126 Å². The van der Waals surface area contributed by atoms with Gasteiger partial charge in [0, 0.05) is 9.61 Å². The zero-order valence-electron chi connectivity index (χ0n) is 10.5. The summed E-state index contributed by atoms with van der Waals surface area (Å²) in [6, 6.07) is 7.11. The van der Waals surface area contributed by atoms with Gasteiger partial charge < -0.3 is 10.0 Å². The van der Waals surface area contributed by atoms with Gasteiger partial charge in [0.15, 0.2) is 0 Å². The van der Waals surface area contributed by atoms with Crippen LogP contribution in [0.4, 0.5) is 0 Å². The van der Waals surface area contributed by atoms with Crippen molar-refractivity contribution in [2.45, 2.75) is 31.7 Å². The first-order valence-corrected chi connectivity index (χ1v) is 7.38. The number of nitriles is 1. The Kier molecular flexibility index (Phi) is 4.64. The zero-order chi connectivity index (χ0) is 13.8. The molecule has 0 atom stereocenters. The summed E-state index contributed by atoms with van der Waals surface area (Å²) in [7, 11) is 0. The summed E-state index contributed by atoms with van der Waals surface area (Å²) in [5, 5.41) is 18.7. The highest BCUT2D eigenvalue weighted by atomic mass is 127. The van der Waals surface area contributed by atoms with E-state index in [2.05, 4.69) is 28.7 Å². The van der Waals surface area contributed by atoms with Crippen molar-refractivity contribution in [2.75, 3.05) is 6.54 Å². The lowest BCUT2D eigenvalue weighted by atomic mass is 10.1. The molecule has 1 aliphatic rings. The van der Waals surface area contributed by atoms with Crippen LogP contribution in [-0.2, 0) is 0 Å². The number of aromatic hydroxyl groups is 1. The normalized spacial score (nSPS) is 15.2. The minimum Gasteiger partial charge on any atom is -0.507 e. The molecule has 1 amide bonds. The van der Waals surface area contributed by atoms with Gasteiger partial charge in [0.2, 0.25) is 0 Å². The number of carbonyl (C=O) groups excluding carboxylic acids is 1. The van der Waals surface area contributed by atoms with E-state index in [1.54, 1.807) is 17.0 Å². The third-order valence-corrected chi connectivity index (χ3v) is 4.13. The lowest BCUT2D eigenvalue weighted by Gasteiger charge is -2.26. The molecule has 4 nitrogen and oxygen atoms in total. The Morgan fingerprint density at radius 1 is 1.47 bits per heavy atom. The Hall–Kier alpha value is -1.29. The highest BCUT2D eigenvalue weighted by molar-refractivity contribution is 14.1. The minimum atomic E-state index is -0.246. The van der Waals surface area contributed by atoms with Gasteiger partial charge in [-0.3, -0.25) is 4.79 Å². The van der Waals surface area contributed by atoms with Gasteiger partial charge >= 0.3 is 0 Å². The second-order valence-electron chi connectivity index (χ2n) is 4.69. The van der Waals surface area contributed by atoms with E-state index >= 15 is 0 Å². The van der Waals surface area contributed by atoms with Gasteiger partial charge in [0.1, 0.15) is 12.3 Å². The first-order chi connectivity index (χ1) is 9.13. The van der Waals surface area contributed by atoms with Crippen LogP contribution < -0.4 is 0 Å². The summed E-state index contributed by atoms with van der Waals surface area (Å²) >= 11 is 2.10. The Balaban J connectivity index is 2.28. The third kappa shape index (κ3) is 3.18. The van der Waals surface area contributed by atoms with Gasteiger partial charge in [-0.2, -0.15) is 5.26 Å². The smallest absolute Gasteiger partial charge is 0.258 e. The van der Waals surface area contributed by atoms with E-state index < -0.39 is 0 Å². The van der Waals surface area contributed by atoms with Crippen molar-refractivity contribution in [1.82, 2.24) is 4.90 Å². The van der Waals surface area contributed by atoms with Crippen LogP contribution in [0.15, 0.2) is 18.2 Å². The number of hydrogen-bond acceptors (Lipinski definition) is 3. The van der Waals surface area contributed by atoms with E-state index in [-0.39, 0.29) is 29.8 Å². The molecule has 0 radical (unpaired) electrons. The van der Waals surface area contributed by atoms with Gasteiger partial charge in [-0.1, -0.05) is 12.8 Å². The molecular formula is C14H15IN2O2. The molecule has 0 saturated heterocycles. The Morgan fingerprint density at radius 2 is 2.16 bits per heavy atom.